The van der Waals surface area contributed by atoms with Crippen LogP contribution in [0.5, 0.6) is 0 Å². The van der Waals surface area contributed by atoms with E-state index in [1.165, 1.54) is 5.56 Å². The van der Waals surface area contributed by atoms with Crippen molar-refractivity contribution in [2.75, 3.05) is 24.5 Å². The maximum Gasteiger partial charge on any atom is 0.257 e. The van der Waals surface area contributed by atoms with Crippen LogP contribution >= 0.6 is 15.9 Å². The fraction of sp³-hybridized carbons (Fsp3) is 0.286. The normalized spacial score (nSPS) is 12.7. The molecule has 29 heavy (non-hydrogen) atoms. The van der Waals surface area contributed by atoms with E-state index in [2.05, 4.69) is 38.2 Å². The minimum absolute atomic E-state index is 0.0646. The van der Waals surface area contributed by atoms with Gasteiger partial charge in [-0.1, -0.05) is 34.1 Å². The lowest BCUT2D eigenvalue weighted by atomic mass is 10.0. The molecule has 0 spiro atoms. The zero-order chi connectivity index (χ0) is 20.6. The second kappa shape index (κ2) is 10.1. The molecule has 0 bridgehead atoms. The van der Waals surface area contributed by atoms with Gasteiger partial charge in [0.25, 0.3) is 11.8 Å². The highest BCUT2D eigenvalue weighted by atomic mass is 79.9. The van der Waals surface area contributed by atoms with Gasteiger partial charge in [-0.15, -0.1) is 0 Å². The maximum atomic E-state index is 12.2. The Labute approximate surface area is 177 Å². The molecule has 0 aliphatic carbocycles. The third kappa shape index (κ3) is 6.05. The second-order valence-electron chi connectivity index (χ2n) is 6.76. The Hall–Kier alpha value is -2.87. The van der Waals surface area contributed by atoms with E-state index in [9.17, 15) is 14.4 Å². The lowest BCUT2D eigenvalue weighted by Gasteiger charge is -2.30. The zero-order valence-electron chi connectivity index (χ0n) is 15.9. The lowest BCUT2D eigenvalue weighted by molar-refractivity contribution is -0.128. The van der Waals surface area contributed by atoms with Gasteiger partial charge in [-0.2, -0.15) is 0 Å². The fourth-order valence-corrected chi connectivity index (χ4v) is 3.45. The lowest BCUT2D eigenvalue weighted by Crippen LogP contribution is -2.47. The van der Waals surface area contributed by atoms with Gasteiger partial charge in [0.1, 0.15) is 0 Å². The summed E-state index contributed by atoms with van der Waals surface area (Å²) in [5, 5.41) is 2.68. The number of nitrogens with one attached hydrogen (secondary N) is 3. The van der Waals surface area contributed by atoms with Crippen LogP contribution in [0.25, 0.3) is 0 Å². The van der Waals surface area contributed by atoms with Gasteiger partial charge in [0, 0.05) is 35.2 Å². The van der Waals surface area contributed by atoms with E-state index in [0.717, 1.165) is 29.5 Å². The summed E-state index contributed by atoms with van der Waals surface area (Å²) < 4.78 is 0.886. The van der Waals surface area contributed by atoms with Crippen LogP contribution in [-0.2, 0) is 16.0 Å². The first-order valence-electron chi connectivity index (χ1n) is 9.47. The van der Waals surface area contributed by atoms with E-state index >= 15 is 0 Å². The number of hydrogen-bond acceptors (Lipinski definition) is 4. The standard InChI is InChI=1S/C21H23BrN4O3/c22-17-9-7-16(8-10-17)21(29)23-12-11-19(27)24-25-20(28)14-26-13-3-5-15-4-1-2-6-18(15)26/h1-2,4,6-10H,3,5,11-14H2,(H,23,29)(H,24,27)(H,25,28). The van der Waals surface area contributed by atoms with E-state index in [0.29, 0.717) is 5.56 Å². The van der Waals surface area contributed by atoms with Crippen molar-refractivity contribution >= 4 is 39.3 Å². The minimum atomic E-state index is -0.367. The first-order valence-corrected chi connectivity index (χ1v) is 10.3. The molecule has 3 N–H and O–H groups in total. The largest absolute Gasteiger partial charge is 0.362 e. The van der Waals surface area contributed by atoms with E-state index in [-0.39, 0.29) is 37.2 Å². The molecule has 0 aromatic heterocycles. The third-order valence-electron chi connectivity index (χ3n) is 4.63. The number of anilines is 1. The molecule has 0 fully saturated rings. The average molecular weight is 459 g/mol. The van der Waals surface area contributed by atoms with Crippen molar-refractivity contribution in [2.24, 2.45) is 0 Å². The van der Waals surface area contributed by atoms with Crippen molar-refractivity contribution in [2.45, 2.75) is 19.3 Å². The SMILES string of the molecule is O=C(CCNC(=O)c1ccc(Br)cc1)NNC(=O)CN1CCCc2ccccc21. The van der Waals surface area contributed by atoms with Gasteiger partial charge < -0.3 is 10.2 Å². The number of carbonyl (C=O) groups excluding carboxylic acids is 3. The number of aryl methyl sites for hydroxylation is 1. The summed E-state index contributed by atoms with van der Waals surface area (Å²) in [7, 11) is 0. The molecule has 7 nitrogen and oxygen atoms in total. The Kier molecular flexibility index (Phi) is 7.24. The van der Waals surface area contributed by atoms with Crippen molar-refractivity contribution in [3.05, 3.63) is 64.1 Å². The summed E-state index contributed by atoms with van der Waals surface area (Å²) in [6, 6.07) is 15.0. The van der Waals surface area contributed by atoms with Crippen molar-refractivity contribution in [3.63, 3.8) is 0 Å². The molecule has 2 aromatic carbocycles. The summed E-state index contributed by atoms with van der Waals surface area (Å²) in [6.07, 6.45) is 2.07. The first-order chi connectivity index (χ1) is 14.0. The van der Waals surface area contributed by atoms with Crippen molar-refractivity contribution < 1.29 is 14.4 Å². The Morgan fingerprint density at radius 1 is 0.966 bits per heavy atom. The molecule has 0 saturated carbocycles. The quantitative estimate of drug-likeness (QED) is 0.578. The average Bonchev–Trinajstić information content (AvgIpc) is 2.73. The highest BCUT2D eigenvalue weighted by Gasteiger charge is 2.18. The summed E-state index contributed by atoms with van der Waals surface area (Å²) in [6.45, 7) is 1.16. The van der Waals surface area contributed by atoms with Crippen LogP contribution in [-0.4, -0.2) is 37.4 Å². The molecule has 8 heteroatoms. The monoisotopic (exact) mass is 458 g/mol. The predicted molar refractivity (Wildman–Crippen MR) is 114 cm³/mol. The molecular formula is C21H23BrN4O3. The number of benzene rings is 2. The molecule has 1 aliphatic heterocycles. The number of hydrogen-bond donors (Lipinski definition) is 3. The summed E-state index contributed by atoms with van der Waals surface area (Å²) in [5.74, 6) is -0.902. The van der Waals surface area contributed by atoms with E-state index in [1.807, 2.05) is 23.1 Å². The Balaban J connectivity index is 1.37. The van der Waals surface area contributed by atoms with Crippen LogP contribution in [0.3, 0.4) is 0 Å². The number of para-hydroxylation sites is 1. The smallest absolute Gasteiger partial charge is 0.257 e. The molecule has 0 radical (unpaired) electrons. The second-order valence-corrected chi connectivity index (χ2v) is 7.68. The number of fused-ring (bicyclic) bond motifs is 1. The van der Waals surface area contributed by atoms with Crippen molar-refractivity contribution in [3.8, 4) is 0 Å². The number of amides is 3. The molecule has 0 saturated heterocycles. The van der Waals surface area contributed by atoms with Gasteiger partial charge in [-0.3, -0.25) is 25.2 Å². The van der Waals surface area contributed by atoms with Gasteiger partial charge in [0.2, 0.25) is 5.91 Å². The molecule has 0 unspecified atom stereocenters. The molecule has 0 atom stereocenters. The molecule has 1 aliphatic rings. The Bertz CT molecular complexity index is 886. The van der Waals surface area contributed by atoms with Crippen molar-refractivity contribution in [1.82, 2.24) is 16.2 Å². The zero-order valence-corrected chi connectivity index (χ0v) is 17.5. The van der Waals surface area contributed by atoms with E-state index in [4.69, 9.17) is 0 Å². The Morgan fingerprint density at radius 3 is 2.48 bits per heavy atom. The molecule has 3 amide bonds. The van der Waals surface area contributed by atoms with Gasteiger partial charge in [-0.05, 0) is 48.7 Å². The molecule has 152 valence electrons. The van der Waals surface area contributed by atoms with E-state index < -0.39 is 0 Å². The third-order valence-corrected chi connectivity index (χ3v) is 5.15. The first kappa shape index (κ1) is 20.9. The summed E-state index contributed by atoms with van der Waals surface area (Å²) >= 11 is 3.31. The minimum Gasteiger partial charge on any atom is -0.362 e. The van der Waals surface area contributed by atoms with Crippen LogP contribution < -0.4 is 21.1 Å². The van der Waals surface area contributed by atoms with Crippen molar-refractivity contribution in [1.29, 1.82) is 0 Å². The highest BCUT2D eigenvalue weighted by Crippen LogP contribution is 2.26. The fourth-order valence-electron chi connectivity index (χ4n) is 3.18. The Morgan fingerprint density at radius 2 is 1.69 bits per heavy atom. The number of halogens is 1. The number of hydrazine groups is 1. The molecular weight excluding hydrogens is 436 g/mol. The molecule has 3 rings (SSSR count). The number of rotatable bonds is 6. The van der Waals surface area contributed by atoms with Crippen LogP contribution in [0.1, 0.15) is 28.8 Å². The van der Waals surface area contributed by atoms with Crippen LogP contribution in [0, 0.1) is 0 Å². The highest BCUT2D eigenvalue weighted by molar-refractivity contribution is 9.10. The maximum absolute atomic E-state index is 12.2. The van der Waals surface area contributed by atoms with E-state index in [1.54, 1.807) is 24.3 Å². The van der Waals surface area contributed by atoms with Crippen LogP contribution in [0.4, 0.5) is 5.69 Å². The topological polar surface area (TPSA) is 90.5 Å². The van der Waals surface area contributed by atoms with Crippen LogP contribution in [0.15, 0.2) is 53.0 Å². The molecule has 2 aromatic rings. The predicted octanol–water partition coefficient (Wildman–Crippen LogP) is 2.17. The van der Waals surface area contributed by atoms with Gasteiger partial charge >= 0.3 is 0 Å². The van der Waals surface area contributed by atoms with Gasteiger partial charge in [0.15, 0.2) is 0 Å². The summed E-state index contributed by atoms with van der Waals surface area (Å²) in [5.41, 5.74) is 7.65. The number of nitrogens with zero attached hydrogens (tertiary/aromatic N) is 1. The van der Waals surface area contributed by atoms with Crippen LogP contribution in [0.2, 0.25) is 0 Å². The number of carbonyl (C=O) groups is 3. The summed E-state index contributed by atoms with van der Waals surface area (Å²) in [4.78, 5) is 38.1. The molecule has 1 heterocycles. The van der Waals surface area contributed by atoms with Gasteiger partial charge in [-0.25, -0.2) is 0 Å². The van der Waals surface area contributed by atoms with Gasteiger partial charge in [0.05, 0.1) is 6.54 Å².